The molecule has 0 aliphatic carbocycles. The molecule has 1 aromatic rings. The number of hydrogen-bond acceptors (Lipinski definition) is 0. The molecule has 0 saturated heterocycles. The molecule has 1 aromatic carbocycles. The molecule has 0 heterocycles. The molecule has 1 unspecified atom stereocenters. The van der Waals surface area contributed by atoms with Gasteiger partial charge in [0.15, 0.2) is 0 Å². The van der Waals surface area contributed by atoms with Gasteiger partial charge in [0.05, 0.1) is 0 Å². The van der Waals surface area contributed by atoms with E-state index in [1.165, 1.54) is 39.8 Å². The van der Waals surface area contributed by atoms with Crippen LogP contribution in [-0.2, 0) is 6.42 Å². The molecule has 1 atom stereocenters. The van der Waals surface area contributed by atoms with Gasteiger partial charge in [0, 0.05) is 5.92 Å². The maximum Gasteiger partial charge on any atom is 0.00553 e. The van der Waals surface area contributed by atoms with Crippen LogP contribution in [0.5, 0.6) is 0 Å². The summed E-state index contributed by atoms with van der Waals surface area (Å²) >= 11 is 0. The Kier molecular flexibility index (Phi) is 7.55. The molecule has 0 amide bonds. The quantitative estimate of drug-likeness (QED) is 0.447. The first-order chi connectivity index (χ1) is 10.8. The molecule has 0 aromatic heterocycles. The number of aryl methyl sites for hydroxylation is 2. The van der Waals surface area contributed by atoms with Crippen LogP contribution >= 0.6 is 0 Å². The van der Waals surface area contributed by atoms with Crippen LogP contribution in [0.25, 0.3) is 0 Å². The van der Waals surface area contributed by atoms with E-state index in [4.69, 9.17) is 0 Å². The highest BCUT2D eigenvalue weighted by Crippen LogP contribution is 2.29. The molecule has 0 aliphatic rings. The van der Waals surface area contributed by atoms with Gasteiger partial charge in [0.1, 0.15) is 0 Å². The van der Waals surface area contributed by atoms with Crippen LogP contribution in [0.3, 0.4) is 0 Å². The van der Waals surface area contributed by atoms with Gasteiger partial charge < -0.3 is 0 Å². The molecule has 0 fully saturated rings. The minimum atomic E-state index is 0.339. The molecule has 0 saturated carbocycles. The lowest BCUT2D eigenvalue weighted by Gasteiger charge is -2.18. The third-order valence-corrected chi connectivity index (χ3v) is 4.79. The third kappa shape index (κ3) is 5.23. The van der Waals surface area contributed by atoms with E-state index in [0.717, 1.165) is 12.8 Å². The van der Waals surface area contributed by atoms with E-state index >= 15 is 0 Å². The summed E-state index contributed by atoms with van der Waals surface area (Å²) in [5.74, 6) is 0.825. The van der Waals surface area contributed by atoms with Crippen molar-refractivity contribution in [3.63, 3.8) is 0 Å². The van der Waals surface area contributed by atoms with Gasteiger partial charge in [-0.05, 0) is 59.1 Å². The molecule has 0 heteroatoms. The van der Waals surface area contributed by atoms with Crippen LogP contribution in [0.15, 0.2) is 54.2 Å². The highest BCUT2D eigenvalue weighted by molar-refractivity contribution is 5.42. The number of benzene rings is 1. The van der Waals surface area contributed by atoms with E-state index < -0.39 is 0 Å². The fourth-order valence-corrected chi connectivity index (χ4v) is 2.89. The Morgan fingerprint density at radius 1 is 1.13 bits per heavy atom. The second-order valence-electron chi connectivity index (χ2n) is 6.94. The van der Waals surface area contributed by atoms with Crippen molar-refractivity contribution in [1.29, 1.82) is 0 Å². The van der Waals surface area contributed by atoms with Gasteiger partial charge in [-0.3, -0.25) is 0 Å². The molecule has 23 heavy (non-hydrogen) atoms. The summed E-state index contributed by atoms with van der Waals surface area (Å²) in [6, 6.07) is 6.89. The fraction of sp³-hybridized carbons (Fsp3) is 0.478. The first kappa shape index (κ1) is 19.5. The summed E-state index contributed by atoms with van der Waals surface area (Å²) < 4.78 is 0. The lowest BCUT2D eigenvalue weighted by atomic mass is 9.87. The predicted octanol–water partition coefficient (Wildman–Crippen LogP) is 7.16. The minimum absolute atomic E-state index is 0.339. The standard InChI is InChI=1S/C23H34/c1-9-11-22-12-13-23(15-18(22)6)20(8)17(5)14-21(10-2)19(7)16(3)4/h12-16,20H,5,7,9-11H2,1-4,6,8H3/b21-14-. The van der Waals surface area contributed by atoms with Crippen molar-refractivity contribution in [3.05, 3.63) is 70.8 Å². The molecule has 1 rings (SSSR count). The molecule has 0 radical (unpaired) electrons. The maximum absolute atomic E-state index is 4.33. The molecular formula is C23H34. The van der Waals surface area contributed by atoms with Crippen LogP contribution < -0.4 is 0 Å². The summed E-state index contributed by atoms with van der Waals surface area (Å²) in [6.45, 7) is 21.9. The molecular weight excluding hydrogens is 276 g/mol. The Morgan fingerprint density at radius 2 is 1.78 bits per heavy atom. The monoisotopic (exact) mass is 310 g/mol. The Hall–Kier alpha value is -1.56. The van der Waals surface area contributed by atoms with Crippen molar-refractivity contribution in [2.45, 2.75) is 66.7 Å². The fourth-order valence-electron chi connectivity index (χ4n) is 2.89. The largest absolute Gasteiger partial charge is 0.0953 e. The summed E-state index contributed by atoms with van der Waals surface area (Å²) in [5, 5.41) is 0. The topological polar surface area (TPSA) is 0 Å². The van der Waals surface area contributed by atoms with Crippen LogP contribution in [-0.4, -0.2) is 0 Å². The molecule has 0 aliphatic heterocycles. The molecule has 0 spiro atoms. The van der Waals surface area contributed by atoms with E-state index in [0.29, 0.717) is 11.8 Å². The van der Waals surface area contributed by atoms with Crippen molar-refractivity contribution in [2.24, 2.45) is 5.92 Å². The Balaban J connectivity index is 3.00. The average Bonchev–Trinajstić information content (AvgIpc) is 2.52. The Morgan fingerprint density at radius 3 is 2.26 bits per heavy atom. The molecule has 0 nitrogen and oxygen atoms in total. The van der Waals surface area contributed by atoms with E-state index in [9.17, 15) is 0 Å². The van der Waals surface area contributed by atoms with Crippen LogP contribution in [0.4, 0.5) is 0 Å². The van der Waals surface area contributed by atoms with E-state index in [-0.39, 0.29) is 0 Å². The predicted molar refractivity (Wildman–Crippen MR) is 105 cm³/mol. The van der Waals surface area contributed by atoms with Gasteiger partial charge in [0.2, 0.25) is 0 Å². The minimum Gasteiger partial charge on any atom is -0.0953 e. The van der Waals surface area contributed by atoms with Gasteiger partial charge in [-0.2, -0.15) is 0 Å². The molecule has 0 bridgehead atoms. The van der Waals surface area contributed by atoms with E-state index in [1.807, 2.05) is 0 Å². The van der Waals surface area contributed by atoms with E-state index in [2.05, 4.69) is 79.0 Å². The van der Waals surface area contributed by atoms with Crippen molar-refractivity contribution in [1.82, 2.24) is 0 Å². The summed E-state index contributed by atoms with van der Waals surface area (Å²) in [6.07, 6.45) is 5.62. The normalized spacial score (nSPS) is 13.3. The SMILES string of the molecule is C=C(/C(=C\C(=C)C(C)c1ccc(CCC)c(C)c1)CC)C(C)C. The highest BCUT2D eigenvalue weighted by atomic mass is 14.2. The lowest BCUT2D eigenvalue weighted by Crippen LogP contribution is -2.01. The zero-order valence-corrected chi connectivity index (χ0v) is 16.0. The second-order valence-corrected chi connectivity index (χ2v) is 6.94. The van der Waals surface area contributed by atoms with Gasteiger partial charge in [-0.15, -0.1) is 0 Å². The zero-order chi connectivity index (χ0) is 17.6. The Labute approximate surface area is 144 Å². The Bertz CT molecular complexity index is 584. The second kappa shape index (κ2) is 8.91. The summed E-state index contributed by atoms with van der Waals surface area (Å²) in [4.78, 5) is 0. The van der Waals surface area contributed by atoms with Crippen LogP contribution in [0.2, 0.25) is 0 Å². The smallest absolute Gasteiger partial charge is 0.00553 e. The first-order valence-electron chi connectivity index (χ1n) is 8.99. The first-order valence-corrected chi connectivity index (χ1v) is 8.99. The number of rotatable bonds is 8. The molecule has 0 N–H and O–H groups in total. The summed E-state index contributed by atoms with van der Waals surface area (Å²) in [5.41, 5.74) is 7.95. The van der Waals surface area contributed by atoms with Gasteiger partial charge >= 0.3 is 0 Å². The number of allylic oxidation sites excluding steroid dienone is 4. The third-order valence-electron chi connectivity index (χ3n) is 4.79. The summed E-state index contributed by atoms with van der Waals surface area (Å²) in [7, 11) is 0. The van der Waals surface area contributed by atoms with Crippen molar-refractivity contribution < 1.29 is 0 Å². The molecule has 126 valence electrons. The number of hydrogen-bond donors (Lipinski definition) is 0. The van der Waals surface area contributed by atoms with Gasteiger partial charge in [-0.25, -0.2) is 0 Å². The van der Waals surface area contributed by atoms with Crippen molar-refractivity contribution in [2.75, 3.05) is 0 Å². The van der Waals surface area contributed by atoms with E-state index in [1.54, 1.807) is 0 Å². The van der Waals surface area contributed by atoms with Gasteiger partial charge in [0.25, 0.3) is 0 Å². The lowest BCUT2D eigenvalue weighted by molar-refractivity contribution is 0.768. The van der Waals surface area contributed by atoms with Crippen LogP contribution in [0.1, 0.15) is 70.1 Å². The van der Waals surface area contributed by atoms with Gasteiger partial charge in [-0.1, -0.05) is 78.5 Å². The zero-order valence-electron chi connectivity index (χ0n) is 16.0. The highest BCUT2D eigenvalue weighted by Gasteiger charge is 2.12. The van der Waals surface area contributed by atoms with Crippen molar-refractivity contribution in [3.8, 4) is 0 Å². The maximum atomic E-state index is 4.33. The average molecular weight is 311 g/mol. The van der Waals surface area contributed by atoms with Crippen LogP contribution in [0, 0.1) is 12.8 Å². The van der Waals surface area contributed by atoms with Crippen molar-refractivity contribution >= 4 is 0 Å².